The lowest BCUT2D eigenvalue weighted by molar-refractivity contribution is -0.384. The Morgan fingerprint density at radius 2 is 2.05 bits per heavy atom. The molecule has 1 aromatic heterocycles. The van der Waals surface area contributed by atoms with E-state index < -0.39 is 10.5 Å². The number of aryl methyl sites for hydroxylation is 2. The molecular weight excluding hydrogens is 272 g/mol. The summed E-state index contributed by atoms with van der Waals surface area (Å²) in [5.74, 6) is 1.12. The van der Waals surface area contributed by atoms with Gasteiger partial charge < -0.3 is 14.8 Å². The van der Waals surface area contributed by atoms with Gasteiger partial charge in [0.1, 0.15) is 22.8 Å². The minimum atomic E-state index is -1.26. The van der Waals surface area contributed by atoms with Gasteiger partial charge in [0.05, 0.1) is 11.5 Å². The Kier molecular flexibility index (Phi) is 3.99. The smallest absolute Gasteiger partial charge is 0.292 e. The molecule has 0 saturated carbocycles. The van der Waals surface area contributed by atoms with Crippen molar-refractivity contribution in [2.24, 2.45) is 0 Å². The second-order valence-corrected chi connectivity index (χ2v) is 5.26. The molecule has 0 amide bonds. The SMILES string of the molecule is Cc1ccc(C(C)(O)CNc2c(C)cccc2[N+](=O)[O-])o1. The number of benzene rings is 1. The molecule has 0 spiro atoms. The fourth-order valence-electron chi connectivity index (χ4n) is 2.11. The van der Waals surface area contributed by atoms with Gasteiger partial charge >= 0.3 is 0 Å². The Morgan fingerprint density at radius 1 is 1.33 bits per heavy atom. The van der Waals surface area contributed by atoms with E-state index in [9.17, 15) is 15.2 Å². The van der Waals surface area contributed by atoms with Gasteiger partial charge in [0.25, 0.3) is 5.69 Å². The predicted molar refractivity (Wildman–Crippen MR) is 79.3 cm³/mol. The number of hydrogen-bond donors (Lipinski definition) is 2. The Labute approximate surface area is 122 Å². The highest BCUT2D eigenvalue weighted by atomic mass is 16.6. The summed E-state index contributed by atoms with van der Waals surface area (Å²) in [7, 11) is 0. The van der Waals surface area contributed by atoms with Crippen molar-refractivity contribution < 1.29 is 14.4 Å². The summed E-state index contributed by atoms with van der Waals surface area (Å²) in [5, 5.41) is 24.5. The average molecular weight is 290 g/mol. The third-order valence-corrected chi connectivity index (χ3v) is 3.33. The normalized spacial score (nSPS) is 13.7. The molecule has 2 rings (SSSR count). The molecule has 0 aliphatic rings. The molecule has 0 saturated heterocycles. The van der Waals surface area contributed by atoms with Crippen LogP contribution < -0.4 is 5.32 Å². The van der Waals surface area contributed by atoms with Crippen LogP contribution in [-0.2, 0) is 5.60 Å². The largest absolute Gasteiger partial charge is 0.463 e. The fourth-order valence-corrected chi connectivity index (χ4v) is 2.11. The van der Waals surface area contributed by atoms with Gasteiger partial charge in [0, 0.05) is 6.07 Å². The minimum Gasteiger partial charge on any atom is -0.463 e. The average Bonchev–Trinajstić information content (AvgIpc) is 2.84. The minimum absolute atomic E-state index is 0.0126. The Morgan fingerprint density at radius 3 is 2.62 bits per heavy atom. The molecule has 1 aromatic carbocycles. The number of hydrogen-bond acceptors (Lipinski definition) is 5. The van der Waals surface area contributed by atoms with E-state index in [1.807, 2.05) is 0 Å². The van der Waals surface area contributed by atoms with E-state index >= 15 is 0 Å². The van der Waals surface area contributed by atoms with Gasteiger partial charge in [0.15, 0.2) is 0 Å². The molecule has 2 aromatic rings. The molecule has 2 N–H and O–H groups in total. The van der Waals surface area contributed by atoms with E-state index in [1.54, 1.807) is 45.0 Å². The maximum absolute atomic E-state index is 11.1. The molecule has 0 aliphatic heterocycles. The van der Waals surface area contributed by atoms with Crippen molar-refractivity contribution in [3.05, 3.63) is 57.5 Å². The van der Waals surface area contributed by atoms with Crippen molar-refractivity contribution in [1.29, 1.82) is 0 Å². The highest BCUT2D eigenvalue weighted by molar-refractivity contribution is 5.66. The number of anilines is 1. The molecule has 1 unspecified atom stereocenters. The van der Waals surface area contributed by atoms with Crippen molar-refractivity contribution in [3.63, 3.8) is 0 Å². The second-order valence-electron chi connectivity index (χ2n) is 5.26. The monoisotopic (exact) mass is 290 g/mol. The maximum atomic E-state index is 11.1. The van der Waals surface area contributed by atoms with Crippen LogP contribution in [0.4, 0.5) is 11.4 Å². The molecule has 0 bridgehead atoms. The predicted octanol–water partition coefficient (Wildman–Crippen LogP) is 3.12. The van der Waals surface area contributed by atoms with E-state index in [4.69, 9.17) is 4.42 Å². The van der Waals surface area contributed by atoms with Crippen molar-refractivity contribution in [1.82, 2.24) is 0 Å². The summed E-state index contributed by atoms with van der Waals surface area (Å²) in [6.07, 6.45) is 0. The maximum Gasteiger partial charge on any atom is 0.292 e. The first-order valence-electron chi connectivity index (χ1n) is 6.58. The summed E-state index contributed by atoms with van der Waals surface area (Å²) in [5.41, 5.74) is -0.118. The number of para-hydroxylation sites is 1. The van der Waals surface area contributed by atoms with Crippen LogP contribution in [0.3, 0.4) is 0 Å². The summed E-state index contributed by atoms with van der Waals surface area (Å²) in [4.78, 5) is 10.6. The van der Waals surface area contributed by atoms with Gasteiger partial charge in [-0.25, -0.2) is 0 Å². The van der Waals surface area contributed by atoms with Gasteiger partial charge in [-0.05, 0) is 38.5 Å². The lowest BCUT2D eigenvalue weighted by atomic mass is 10.0. The van der Waals surface area contributed by atoms with E-state index in [2.05, 4.69) is 5.32 Å². The number of rotatable bonds is 5. The second kappa shape index (κ2) is 5.57. The number of aliphatic hydroxyl groups is 1. The van der Waals surface area contributed by atoms with E-state index in [0.29, 0.717) is 17.2 Å². The number of nitro benzene ring substituents is 1. The third kappa shape index (κ3) is 3.22. The van der Waals surface area contributed by atoms with Crippen molar-refractivity contribution in [2.75, 3.05) is 11.9 Å². The van der Waals surface area contributed by atoms with Gasteiger partial charge in [-0.2, -0.15) is 0 Å². The first-order valence-corrected chi connectivity index (χ1v) is 6.58. The molecular formula is C15H18N2O4. The highest BCUT2D eigenvalue weighted by Crippen LogP contribution is 2.30. The van der Waals surface area contributed by atoms with Crippen LogP contribution in [0.15, 0.2) is 34.7 Å². The molecule has 0 radical (unpaired) electrons. The third-order valence-electron chi connectivity index (χ3n) is 3.33. The topological polar surface area (TPSA) is 88.5 Å². The van der Waals surface area contributed by atoms with Crippen LogP contribution >= 0.6 is 0 Å². The molecule has 0 aliphatic carbocycles. The number of nitro groups is 1. The van der Waals surface area contributed by atoms with Gasteiger partial charge in [0.2, 0.25) is 0 Å². The lowest BCUT2D eigenvalue weighted by Crippen LogP contribution is -2.30. The quantitative estimate of drug-likeness (QED) is 0.652. The molecule has 6 nitrogen and oxygen atoms in total. The standard InChI is InChI=1S/C15H18N2O4/c1-10-5-4-6-12(17(19)20)14(10)16-9-15(3,18)13-8-7-11(2)21-13/h4-8,16,18H,9H2,1-3H3. The summed E-state index contributed by atoms with van der Waals surface area (Å²) in [6, 6.07) is 8.30. The van der Waals surface area contributed by atoms with E-state index in [0.717, 1.165) is 5.56 Å². The van der Waals surface area contributed by atoms with Crippen LogP contribution in [0.2, 0.25) is 0 Å². The van der Waals surface area contributed by atoms with Crippen molar-refractivity contribution in [2.45, 2.75) is 26.4 Å². The van der Waals surface area contributed by atoms with Crippen LogP contribution in [-0.4, -0.2) is 16.6 Å². The van der Waals surface area contributed by atoms with E-state index in [1.165, 1.54) is 6.07 Å². The number of nitrogens with zero attached hydrogens (tertiary/aromatic N) is 1. The van der Waals surface area contributed by atoms with Crippen molar-refractivity contribution in [3.8, 4) is 0 Å². The van der Waals surface area contributed by atoms with Crippen LogP contribution in [0, 0.1) is 24.0 Å². The summed E-state index contributed by atoms with van der Waals surface area (Å²) in [6.45, 7) is 5.27. The molecule has 1 atom stereocenters. The van der Waals surface area contributed by atoms with Crippen LogP contribution in [0.5, 0.6) is 0 Å². The Balaban J connectivity index is 2.22. The molecule has 6 heteroatoms. The fraction of sp³-hybridized carbons (Fsp3) is 0.333. The van der Waals surface area contributed by atoms with Gasteiger partial charge in [-0.1, -0.05) is 12.1 Å². The summed E-state index contributed by atoms with van der Waals surface area (Å²) >= 11 is 0. The van der Waals surface area contributed by atoms with Crippen molar-refractivity contribution >= 4 is 11.4 Å². The first kappa shape index (κ1) is 15.1. The Bertz CT molecular complexity index is 661. The zero-order valence-corrected chi connectivity index (χ0v) is 12.2. The zero-order valence-electron chi connectivity index (χ0n) is 12.2. The number of furan rings is 1. The molecule has 112 valence electrons. The van der Waals surface area contributed by atoms with E-state index in [-0.39, 0.29) is 12.2 Å². The highest BCUT2D eigenvalue weighted by Gasteiger charge is 2.28. The van der Waals surface area contributed by atoms with Gasteiger partial charge in [-0.3, -0.25) is 10.1 Å². The number of nitrogens with one attached hydrogen (secondary N) is 1. The van der Waals surface area contributed by atoms with Crippen LogP contribution in [0.1, 0.15) is 24.0 Å². The molecule has 21 heavy (non-hydrogen) atoms. The van der Waals surface area contributed by atoms with Gasteiger partial charge in [-0.15, -0.1) is 0 Å². The molecule has 0 fully saturated rings. The van der Waals surface area contributed by atoms with Crippen LogP contribution in [0.25, 0.3) is 0 Å². The summed E-state index contributed by atoms with van der Waals surface area (Å²) < 4.78 is 5.42. The molecule has 1 heterocycles. The Hall–Kier alpha value is -2.34. The lowest BCUT2D eigenvalue weighted by Gasteiger charge is -2.22. The zero-order chi connectivity index (χ0) is 15.6. The first-order chi connectivity index (χ1) is 9.81.